The van der Waals surface area contributed by atoms with Gasteiger partial charge in [-0.3, -0.25) is 14.5 Å². The molecule has 0 bridgehead atoms. The molecule has 0 spiro atoms. The van der Waals surface area contributed by atoms with Crippen LogP contribution >= 0.6 is 0 Å². The van der Waals surface area contributed by atoms with Crippen LogP contribution in [0.1, 0.15) is 12.8 Å². The van der Waals surface area contributed by atoms with E-state index in [0.717, 1.165) is 0 Å². The van der Waals surface area contributed by atoms with Crippen molar-refractivity contribution < 1.29 is 67.5 Å². The molecule has 0 saturated carbocycles. The number of nitrogens with two attached hydrogens (primary N) is 2. The molecule has 0 fully saturated rings. The number of ketones is 2. The molecule has 0 saturated heterocycles. The number of primary amides is 1. The van der Waals surface area contributed by atoms with Crippen LogP contribution in [0, 0.1) is 17.9 Å². The van der Waals surface area contributed by atoms with E-state index in [1.165, 1.54) is 11.0 Å². The number of carbonyl (C=O) groups excluding carboxylic acids is 3. The molecule has 4 aliphatic rings. The Labute approximate surface area is 208 Å². The van der Waals surface area contributed by atoms with E-state index in [4.69, 9.17) is 11.5 Å². The van der Waals surface area contributed by atoms with Crippen molar-refractivity contribution in [3.05, 3.63) is 57.4 Å². The zero-order chi connectivity index (χ0) is 23.0. The fourth-order valence-corrected chi connectivity index (χ4v) is 5.21. The van der Waals surface area contributed by atoms with Gasteiger partial charge in [-0.2, -0.15) is 6.08 Å². The van der Waals surface area contributed by atoms with Gasteiger partial charge in [0.2, 0.25) is 0 Å². The molecule has 0 aliphatic heterocycles. The maximum Gasteiger partial charge on any atom is 0.255 e. The molecule has 0 heterocycles. The second-order valence-electron chi connectivity index (χ2n) is 8.41. The van der Waals surface area contributed by atoms with Crippen molar-refractivity contribution in [2.45, 2.75) is 24.5 Å². The van der Waals surface area contributed by atoms with E-state index in [-0.39, 0.29) is 62.4 Å². The Kier molecular flexibility index (Phi) is 6.05. The van der Waals surface area contributed by atoms with Gasteiger partial charge >= 0.3 is 0 Å². The first-order chi connectivity index (χ1) is 14.4. The van der Waals surface area contributed by atoms with Gasteiger partial charge in [0, 0.05) is 44.2 Å². The summed E-state index contributed by atoms with van der Waals surface area (Å²) in [4.78, 5) is 38.7. The minimum Gasteiger partial charge on any atom is -0.520 e. The number of aliphatic hydroxyl groups excluding tert-OH is 3. The zero-order valence-corrected chi connectivity index (χ0v) is 20.3. The molecular weight excluding hydrogens is 495 g/mol. The Morgan fingerprint density at radius 1 is 1.22 bits per heavy atom. The van der Waals surface area contributed by atoms with Crippen molar-refractivity contribution in [1.82, 2.24) is 4.90 Å². The van der Waals surface area contributed by atoms with Crippen LogP contribution in [-0.4, -0.2) is 68.5 Å². The molecule has 4 atom stereocenters. The van der Waals surface area contributed by atoms with Crippen molar-refractivity contribution in [2.75, 3.05) is 14.1 Å². The maximum absolute atomic E-state index is 13.0. The van der Waals surface area contributed by atoms with E-state index in [0.29, 0.717) is 5.57 Å². The summed E-state index contributed by atoms with van der Waals surface area (Å²) < 4.78 is 0. The van der Waals surface area contributed by atoms with Gasteiger partial charge in [0.1, 0.15) is 17.1 Å². The molecule has 4 aliphatic carbocycles. The average molecular weight is 517 g/mol. The summed E-state index contributed by atoms with van der Waals surface area (Å²) >= 11 is 0. The predicted octanol–water partition coefficient (Wildman–Crippen LogP) is -0.656. The number of hydrogen-bond acceptors (Lipinski definition) is 9. The van der Waals surface area contributed by atoms with E-state index >= 15 is 0 Å². The Morgan fingerprint density at radius 2 is 1.84 bits per heavy atom. The molecule has 8 N–H and O–H groups in total. The Morgan fingerprint density at radius 3 is 2.41 bits per heavy atom. The van der Waals surface area contributed by atoms with Crippen molar-refractivity contribution in [1.29, 1.82) is 0 Å². The van der Waals surface area contributed by atoms with Crippen LogP contribution in [0.3, 0.4) is 0 Å². The quantitative estimate of drug-likeness (QED) is 0.204. The van der Waals surface area contributed by atoms with Crippen LogP contribution in [0.4, 0.5) is 0 Å². The van der Waals surface area contributed by atoms with Gasteiger partial charge in [-0.25, -0.2) is 0 Å². The number of rotatable bonds is 2. The third-order valence-corrected chi connectivity index (χ3v) is 6.57. The number of fused-ring (bicyclic) bond motifs is 3. The summed E-state index contributed by atoms with van der Waals surface area (Å²) in [7, 11) is 3.11. The second-order valence-corrected chi connectivity index (χ2v) is 8.41. The molecule has 0 aromatic heterocycles. The molecule has 10 nitrogen and oxygen atoms in total. The van der Waals surface area contributed by atoms with Crippen LogP contribution in [0.25, 0.3) is 0 Å². The Hall–Kier alpha value is -2.27. The summed E-state index contributed by atoms with van der Waals surface area (Å²) in [5, 5.41) is 44.2. The minimum absolute atomic E-state index is 0. The molecule has 11 heteroatoms. The second kappa shape index (κ2) is 7.95. The van der Waals surface area contributed by atoms with Gasteiger partial charge in [-0.15, -0.1) is 11.6 Å². The van der Waals surface area contributed by atoms with Crippen LogP contribution in [-0.2, 0) is 47.1 Å². The van der Waals surface area contributed by atoms with Crippen LogP contribution in [0.15, 0.2) is 51.3 Å². The number of Topliss-reactive ketones (excluding diaryl/α,β-unsaturated/α-hetero) is 2. The van der Waals surface area contributed by atoms with E-state index in [2.05, 4.69) is 6.08 Å². The summed E-state index contributed by atoms with van der Waals surface area (Å²) in [5.41, 5.74) is 8.20. The SMILES string of the molecule is CN(C)[C@@H]1C(=O)C(C(N)=O)=C(O)[C@@]2(O)C(O)=C3C(O)=C4C(=O)[C-]=CC(N)=C4CC3CC12.[Y]. The predicted molar refractivity (Wildman–Crippen MR) is 106 cm³/mol. The van der Waals surface area contributed by atoms with E-state index < -0.39 is 63.8 Å². The molecule has 0 aromatic rings. The van der Waals surface area contributed by atoms with Gasteiger partial charge in [0.25, 0.3) is 5.91 Å². The van der Waals surface area contributed by atoms with Gasteiger partial charge in [0.15, 0.2) is 11.4 Å². The molecule has 167 valence electrons. The number of nitrogens with zero attached hydrogens (tertiary/aromatic N) is 1. The Balaban J connectivity index is 0.00000289. The van der Waals surface area contributed by atoms with Gasteiger partial charge in [0.05, 0.1) is 17.6 Å². The van der Waals surface area contributed by atoms with E-state index in [1.807, 2.05) is 0 Å². The smallest absolute Gasteiger partial charge is 0.255 e. The van der Waals surface area contributed by atoms with E-state index in [1.54, 1.807) is 14.1 Å². The van der Waals surface area contributed by atoms with Gasteiger partial charge in [-0.1, -0.05) is 5.70 Å². The van der Waals surface area contributed by atoms with E-state index in [9.17, 15) is 34.8 Å². The average Bonchev–Trinajstić information content (AvgIpc) is 2.67. The molecule has 2 unspecified atom stereocenters. The first-order valence-corrected chi connectivity index (χ1v) is 9.59. The third-order valence-electron chi connectivity index (χ3n) is 6.57. The third kappa shape index (κ3) is 3.04. The minimum atomic E-state index is -2.56. The van der Waals surface area contributed by atoms with Gasteiger partial charge in [-0.05, 0) is 38.4 Å². The fraction of sp³-hybridized carbons (Fsp3) is 0.381. The summed E-state index contributed by atoms with van der Waals surface area (Å²) in [6.07, 6.45) is 3.90. The first kappa shape index (κ1) is 24.4. The molecular formula is C21H22N3O7Y-. The molecule has 0 aromatic carbocycles. The van der Waals surface area contributed by atoms with Crippen molar-refractivity contribution >= 4 is 17.5 Å². The molecule has 1 amide bonds. The summed E-state index contributed by atoms with van der Waals surface area (Å²) in [6.45, 7) is 0. The number of allylic oxidation sites excluding steroid dienone is 5. The van der Waals surface area contributed by atoms with Gasteiger partial charge < -0.3 is 36.7 Å². The van der Waals surface area contributed by atoms with Crippen molar-refractivity contribution in [3.63, 3.8) is 0 Å². The largest absolute Gasteiger partial charge is 0.520 e. The van der Waals surface area contributed by atoms with Crippen molar-refractivity contribution in [2.24, 2.45) is 23.3 Å². The number of amides is 1. The summed E-state index contributed by atoms with van der Waals surface area (Å²) in [5.74, 6) is -6.85. The maximum atomic E-state index is 13.0. The number of likely N-dealkylation sites (N-methyl/N-ethyl adjacent to an activating group) is 1. The van der Waals surface area contributed by atoms with Crippen LogP contribution < -0.4 is 11.5 Å². The standard InChI is InChI=1S/C21H22N3O7.Y/c1-24(2)15-9-6-7-5-8-10(22)3-4-11(25)13(8)16(26)12(7)18(28)21(9,31)19(29)14(17(15)27)20(23)30;/h3,7,9,15,26,28-29,31H,5-6,22H2,1-2H3,(H2,23,30);/q-1;/t7?,9?,15-,21-;/m0./s1. The zero-order valence-electron chi connectivity index (χ0n) is 17.4. The van der Waals surface area contributed by atoms with Crippen LogP contribution in [0.5, 0.6) is 0 Å². The first-order valence-electron chi connectivity index (χ1n) is 9.59. The normalized spacial score (nSPS) is 32.1. The van der Waals surface area contributed by atoms with Crippen LogP contribution in [0.2, 0.25) is 0 Å². The van der Waals surface area contributed by atoms with Crippen molar-refractivity contribution in [3.8, 4) is 0 Å². The number of hydrogen-bond donors (Lipinski definition) is 6. The number of carbonyl (C=O) groups is 3. The molecule has 1 radical (unpaired) electrons. The molecule has 4 rings (SSSR count). The number of aliphatic hydroxyl groups is 4. The topological polar surface area (TPSA) is 187 Å². The Bertz CT molecular complexity index is 1110. The fourth-order valence-electron chi connectivity index (χ4n) is 5.21. The summed E-state index contributed by atoms with van der Waals surface area (Å²) in [6, 6.07) is -1.09. The monoisotopic (exact) mass is 517 g/mol. The molecule has 32 heavy (non-hydrogen) atoms.